The standard InChI is InChI=1S/C11H8N2O3/c14-10-6-9(12-13-10)5-7-2-1-3-8(4-7)11(15)16/h1-4,6H,5H2,(H,15,16). The Hall–Kier alpha value is -2.30. The molecule has 1 heterocycles. The number of amides is 1. The van der Waals surface area contributed by atoms with Gasteiger partial charge < -0.3 is 5.11 Å². The van der Waals surface area contributed by atoms with Crippen molar-refractivity contribution < 1.29 is 14.7 Å². The largest absolute Gasteiger partial charge is 0.478 e. The van der Waals surface area contributed by atoms with Gasteiger partial charge in [-0.25, -0.2) is 4.79 Å². The number of carboxylic acids is 1. The van der Waals surface area contributed by atoms with E-state index in [9.17, 15) is 9.59 Å². The van der Waals surface area contributed by atoms with Crippen LogP contribution in [0.25, 0.3) is 0 Å². The zero-order chi connectivity index (χ0) is 11.5. The molecule has 0 spiro atoms. The zero-order valence-corrected chi connectivity index (χ0v) is 8.25. The summed E-state index contributed by atoms with van der Waals surface area (Å²) >= 11 is 0. The van der Waals surface area contributed by atoms with Crippen LogP contribution >= 0.6 is 0 Å². The molecule has 1 amide bonds. The topological polar surface area (TPSA) is 79.1 Å². The van der Waals surface area contributed by atoms with Gasteiger partial charge in [-0.1, -0.05) is 12.1 Å². The number of hydrogen-bond donors (Lipinski definition) is 1. The van der Waals surface area contributed by atoms with Gasteiger partial charge in [-0.15, -0.1) is 5.11 Å². The molecule has 0 atom stereocenters. The van der Waals surface area contributed by atoms with Gasteiger partial charge >= 0.3 is 5.97 Å². The molecule has 5 nitrogen and oxygen atoms in total. The molecule has 1 N–H and O–H groups in total. The first-order chi connectivity index (χ1) is 7.65. The molecule has 1 aromatic carbocycles. The van der Waals surface area contributed by atoms with Crippen molar-refractivity contribution in [3.05, 3.63) is 47.2 Å². The van der Waals surface area contributed by atoms with E-state index in [0.29, 0.717) is 12.1 Å². The second-order valence-corrected chi connectivity index (χ2v) is 3.36. The van der Waals surface area contributed by atoms with E-state index in [-0.39, 0.29) is 11.5 Å². The fraction of sp³-hybridized carbons (Fsp3) is 0.0909. The average Bonchev–Trinajstić information content (AvgIpc) is 2.64. The minimum Gasteiger partial charge on any atom is -0.478 e. The summed E-state index contributed by atoms with van der Waals surface area (Å²) in [6, 6.07) is 6.52. The number of nitrogens with zero attached hydrogens (tertiary/aromatic N) is 2. The summed E-state index contributed by atoms with van der Waals surface area (Å²) in [4.78, 5) is 21.5. The third-order valence-electron chi connectivity index (χ3n) is 2.13. The molecule has 0 aliphatic carbocycles. The Morgan fingerprint density at radius 2 is 2.12 bits per heavy atom. The molecule has 2 rings (SSSR count). The summed E-state index contributed by atoms with van der Waals surface area (Å²) in [5, 5.41) is 15.8. The molecule has 0 saturated carbocycles. The molecule has 1 aliphatic rings. The number of carbonyl (C=O) groups is 2. The molecule has 1 aliphatic heterocycles. The molecule has 0 unspecified atom stereocenters. The minimum absolute atomic E-state index is 0.222. The van der Waals surface area contributed by atoms with Crippen molar-refractivity contribution in [1.29, 1.82) is 0 Å². The van der Waals surface area contributed by atoms with Gasteiger partial charge in [-0.2, -0.15) is 5.11 Å². The third-order valence-corrected chi connectivity index (χ3v) is 2.13. The predicted octanol–water partition coefficient (Wildman–Crippen LogP) is 1.80. The highest BCUT2D eigenvalue weighted by Gasteiger charge is 2.10. The van der Waals surface area contributed by atoms with Gasteiger partial charge in [0.05, 0.1) is 11.3 Å². The van der Waals surface area contributed by atoms with Gasteiger partial charge in [0, 0.05) is 12.5 Å². The summed E-state index contributed by atoms with van der Waals surface area (Å²) < 4.78 is 0. The van der Waals surface area contributed by atoms with E-state index in [1.54, 1.807) is 18.2 Å². The molecule has 0 saturated heterocycles. The smallest absolute Gasteiger partial charge is 0.335 e. The lowest BCUT2D eigenvalue weighted by Gasteiger charge is -2.00. The van der Waals surface area contributed by atoms with Crippen LogP contribution in [0.2, 0.25) is 0 Å². The lowest BCUT2D eigenvalue weighted by atomic mass is 10.1. The minimum atomic E-state index is -0.972. The van der Waals surface area contributed by atoms with Crippen molar-refractivity contribution in [3.63, 3.8) is 0 Å². The first-order valence-corrected chi connectivity index (χ1v) is 4.63. The van der Waals surface area contributed by atoms with Crippen molar-refractivity contribution in [2.45, 2.75) is 6.42 Å². The molecule has 80 valence electrons. The summed E-state index contributed by atoms with van der Waals surface area (Å²) in [6.07, 6.45) is 1.75. The number of rotatable bonds is 3. The number of carbonyl (C=O) groups excluding carboxylic acids is 1. The Balaban J connectivity index is 2.19. The van der Waals surface area contributed by atoms with E-state index in [0.717, 1.165) is 5.56 Å². The van der Waals surface area contributed by atoms with Crippen LogP contribution in [0.4, 0.5) is 0 Å². The summed E-state index contributed by atoms with van der Waals surface area (Å²) in [5.74, 6) is -1.34. The van der Waals surface area contributed by atoms with Gasteiger partial charge in [-0.05, 0) is 17.7 Å². The van der Waals surface area contributed by atoms with Gasteiger partial charge in [-0.3, -0.25) is 4.79 Å². The third kappa shape index (κ3) is 2.20. The van der Waals surface area contributed by atoms with E-state index >= 15 is 0 Å². The second kappa shape index (κ2) is 4.06. The number of aromatic carboxylic acids is 1. The maximum atomic E-state index is 10.8. The lowest BCUT2D eigenvalue weighted by Crippen LogP contribution is -1.97. The fourth-order valence-electron chi connectivity index (χ4n) is 1.42. The fourth-order valence-corrected chi connectivity index (χ4v) is 1.42. The van der Waals surface area contributed by atoms with E-state index in [1.807, 2.05) is 0 Å². The van der Waals surface area contributed by atoms with Crippen LogP contribution in [-0.2, 0) is 11.2 Å². The van der Waals surface area contributed by atoms with E-state index < -0.39 is 5.97 Å². The van der Waals surface area contributed by atoms with Gasteiger partial charge in [0.25, 0.3) is 5.91 Å². The zero-order valence-electron chi connectivity index (χ0n) is 8.25. The molecule has 0 aromatic heterocycles. The number of allylic oxidation sites excluding steroid dienone is 1. The van der Waals surface area contributed by atoms with Crippen molar-refractivity contribution >= 4 is 11.9 Å². The monoisotopic (exact) mass is 216 g/mol. The molecule has 1 aromatic rings. The van der Waals surface area contributed by atoms with Crippen molar-refractivity contribution in [1.82, 2.24) is 0 Å². The number of hydrogen-bond acceptors (Lipinski definition) is 3. The van der Waals surface area contributed by atoms with E-state index in [1.165, 1.54) is 12.1 Å². The highest BCUT2D eigenvalue weighted by Crippen LogP contribution is 2.15. The van der Waals surface area contributed by atoms with Crippen molar-refractivity contribution in [2.24, 2.45) is 10.2 Å². The Morgan fingerprint density at radius 1 is 1.31 bits per heavy atom. The van der Waals surface area contributed by atoms with Crippen LogP contribution in [0.1, 0.15) is 15.9 Å². The predicted molar refractivity (Wildman–Crippen MR) is 55.1 cm³/mol. The number of benzene rings is 1. The van der Waals surface area contributed by atoms with Crippen molar-refractivity contribution in [2.75, 3.05) is 0 Å². The Morgan fingerprint density at radius 3 is 2.75 bits per heavy atom. The first-order valence-electron chi connectivity index (χ1n) is 4.63. The van der Waals surface area contributed by atoms with Gasteiger partial charge in [0.1, 0.15) is 0 Å². The lowest BCUT2D eigenvalue weighted by molar-refractivity contribution is -0.113. The Bertz CT molecular complexity index is 518. The molecule has 0 bridgehead atoms. The molecule has 16 heavy (non-hydrogen) atoms. The highest BCUT2D eigenvalue weighted by atomic mass is 16.4. The van der Waals surface area contributed by atoms with Crippen LogP contribution in [0, 0.1) is 0 Å². The summed E-state index contributed by atoms with van der Waals surface area (Å²) in [5.41, 5.74) is 1.56. The summed E-state index contributed by atoms with van der Waals surface area (Å²) in [7, 11) is 0. The molecular weight excluding hydrogens is 208 g/mol. The maximum Gasteiger partial charge on any atom is 0.335 e. The number of carboxylic acid groups (broad SMARTS) is 1. The van der Waals surface area contributed by atoms with Crippen molar-refractivity contribution in [3.8, 4) is 0 Å². The average molecular weight is 216 g/mol. The maximum absolute atomic E-state index is 10.8. The molecule has 5 heteroatoms. The summed E-state index contributed by atoms with van der Waals surface area (Å²) in [6.45, 7) is 0. The number of azo groups is 1. The SMILES string of the molecule is O=C1C=C(Cc2cccc(C(=O)O)c2)N=N1. The Kier molecular flexibility index (Phi) is 2.59. The van der Waals surface area contributed by atoms with Crippen LogP contribution in [0.5, 0.6) is 0 Å². The van der Waals surface area contributed by atoms with Crippen LogP contribution in [0.3, 0.4) is 0 Å². The van der Waals surface area contributed by atoms with E-state index in [2.05, 4.69) is 10.2 Å². The Labute approximate surface area is 91.1 Å². The normalized spacial score (nSPS) is 14.0. The van der Waals surface area contributed by atoms with Gasteiger partial charge in [0.2, 0.25) is 0 Å². The van der Waals surface area contributed by atoms with Crippen LogP contribution < -0.4 is 0 Å². The van der Waals surface area contributed by atoms with Crippen LogP contribution in [0.15, 0.2) is 46.3 Å². The van der Waals surface area contributed by atoms with Crippen LogP contribution in [-0.4, -0.2) is 17.0 Å². The quantitative estimate of drug-likeness (QED) is 0.836. The first kappa shape index (κ1) is 10.2. The highest BCUT2D eigenvalue weighted by molar-refractivity contribution is 5.90. The second-order valence-electron chi connectivity index (χ2n) is 3.36. The molecule has 0 fully saturated rings. The van der Waals surface area contributed by atoms with Gasteiger partial charge in [0.15, 0.2) is 0 Å². The van der Waals surface area contributed by atoms with E-state index in [4.69, 9.17) is 5.11 Å². The molecule has 0 radical (unpaired) electrons. The molecular formula is C11H8N2O3.